The second-order valence-electron chi connectivity index (χ2n) is 3.62. The van der Waals surface area contributed by atoms with Crippen LogP contribution in [0.25, 0.3) is 0 Å². The monoisotopic (exact) mass is 339 g/mol. The van der Waals surface area contributed by atoms with Crippen molar-refractivity contribution in [2.75, 3.05) is 5.43 Å². The van der Waals surface area contributed by atoms with Crippen LogP contribution < -0.4 is 5.43 Å². The number of nitrogens with one attached hydrogen (secondary N) is 1. The van der Waals surface area contributed by atoms with E-state index in [1.54, 1.807) is 0 Å². The number of benzene rings is 1. The Balaban J connectivity index is 2.14. The summed E-state index contributed by atoms with van der Waals surface area (Å²) in [5.74, 6) is -1.07. The molecule has 0 bridgehead atoms. The van der Waals surface area contributed by atoms with Crippen LogP contribution in [0.3, 0.4) is 0 Å². The maximum Gasteiger partial charge on any atom is 0.356 e. The third-order valence-electron chi connectivity index (χ3n) is 2.30. The zero-order valence-corrected chi connectivity index (χ0v) is 12.3. The Morgan fingerprint density at radius 2 is 2.11 bits per heavy atom. The van der Waals surface area contributed by atoms with Crippen LogP contribution in [0.4, 0.5) is 5.13 Å². The summed E-state index contributed by atoms with van der Waals surface area (Å²) in [5.41, 5.74) is 4.53. The molecule has 2 aromatic rings. The number of carbonyl (C=O) groups is 1. The van der Waals surface area contributed by atoms with Crippen LogP contribution in [0.2, 0.25) is 0 Å². The van der Waals surface area contributed by atoms with E-state index < -0.39 is 5.97 Å². The highest BCUT2D eigenvalue weighted by Gasteiger charge is 2.14. The van der Waals surface area contributed by atoms with E-state index in [1.807, 2.05) is 37.3 Å². The highest BCUT2D eigenvalue weighted by Crippen LogP contribution is 2.28. The summed E-state index contributed by atoms with van der Waals surface area (Å²) in [6.07, 6.45) is 0. The number of hydrogen-bond acceptors (Lipinski definition) is 5. The molecule has 0 saturated carbocycles. The molecule has 0 aliphatic heterocycles. The van der Waals surface area contributed by atoms with Gasteiger partial charge in [0.15, 0.2) is 5.69 Å². The highest BCUT2D eigenvalue weighted by molar-refractivity contribution is 9.11. The zero-order valence-electron chi connectivity index (χ0n) is 9.92. The number of halogens is 1. The summed E-state index contributed by atoms with van der Waals surface area (Å²) in [6, 6.07) is 9.68. The van der Waals surface area contributed by atoms with Crippen LogP contribution in [0.1, 0.15) is 23.0 Å². The van der Waals surface area contributed by atoms with Crippen LogP contribution in [-0.4, -0.2) is 21.8 Å². The summed E-state index contributed by atoms with van der Waals surface area (Å²) >= 11 is 4.34. The standard InChI is InChI=1S/C12H10BrN3O2S/c1-7(8-5-3-2-4-6-8)15-16-12-14-9(11(17)18)10(13)19-12/h2-6H,1H3,(H,14,16)(H,17,18)/b15-7+. The van der Waals surface area contributed by atoms with E-state index in [2.05, 4.69) is 31.4 Å². The molecule has 0 aliphatic rings. The number of aromatic nitrogens is 1. The fraction of sp³-hybridized carbons (Fsp3) is 0.0833. The zero-order chi connectivity index (χ0) is 13.8. The Hall–Kier alpha value is -1.73. The van der Waals surface area contributed by atoms with Gasteiger partial charge in [-0.3, -0.25) is 5.43 Å². The lowest BCUT2D eigenvalue weighted by Crippen LogP contribution is -2.00. The number of thiazole rings is 1. The second-order valence-corrected chi connectivity index (χ2v) is 5.94. The number of aromatic carboxylic acids is 1. The molecule has 0 saturated heterocycles. The van der Waals surface area contributed by atoms with Crippen LogP contribution in [0, 0.1) is 0 Å². The van der Waals surface area contributed by atoms with Gasteiger partial charge in [-0.15, -0.1) is 0 Å². The minimum Gasteiger partial charge on any atom is -0.476 e. The third kappa shape index (κ3) is 3.39. The summed E-state index contributed by atoms with van der Waals surface area (Å²) in [4.78, 5) is 14.8. The van der Waals surface area contributed by atoms with Gasteiger partial charge in [0.05, 0.1) is 5.71 Å². The Kier molecular flexibility index (Phi) is 4.28. The van der Waals surface area contributed by atoms with E-state index in [-0.39, 0.29) is 5.69 Å². The quantitative estimate of drug-likeness (QED) is 0.660. The van der Waals surface area contributed by atoms with Crippen molar-refractivity contribution in [2.45, 2.75) is 6.92 Å². The first-order chi connectivity index (χ1) is 9.08. The second kappa shape index (κ2) is 5.94. The number of rotatable bonds is 4. The molecule has 1 aromatic heterocycles. The molecule has 0 radical (unpaired) electrons. The van der Waals surface area contributed by atoms with Gasteiger partial charge >= 0.3 is 5.97 Å². The third-order valence-corrected chi connectivity index (χ3v) is 3.91. The summed E-state index contributed by atoms with van der Waals surface area (Å²) in [7, 11) is 0. The smallest absolute Gasteiger partial charge is 0.356 e. The summed E-state index contributed by atoms with van der Waals surface area (Å²) < 4.78 is 0.468. The Morgan fingerprint density at radius 1 is 1.42 bits per heavy atom. The summed E-state index contributed by atoms with van der Waals surface area (Å²) in [6.45, 7) is 1.86. The van der Waals surface area contributed by atoms with Gasteiger partial charge in [-0.05, 0) is 28.4 Å². The van der Waals surface area contributed by atoms with Gasteiger partial charge in [-0.2, -0.15) is 5.10 Å². The van der Waals surface area contributed by atoms with Gasteiger partial charge in [0.1, 0.15) is 3.79 Å². The van der Waals surface area contributed by atoms with E-state index in [0.717, 1.165) is 11.3 Å². The van der Waals surface area contributed by atoms with Gasteiger partial charge in [0.2, 0.25) is 5.13 Å². The van der Waals surface area contributed by atoms with Crippen LogP contribution in [0.5, 0.6) is 0 Å². The van der Waals surface area contributed by atoms with Gasteiger partial charge in [0.25, 0.3) is 0 Å². The van der Waals surface area contributed by atoms with Crippen LogP contribution in [0.15, 0.2) is 39.2 Å². The number of hydrazone groups is 1. The number of carboxylic acid groups (broad SMARTS) is 1. The lowest BCUT2D eigenvalue weighted by atomic mass is 10.1. The molecule has 98 valence electrons. The first kappa shape index (κ1) is 13.7. The maximum absolute atomic E-state index is 10.8. The van der Waals surface area contributed by atoms with Gasteiger partial charge in [-0.1, -0.05) is 41.7 Å². The Labute approximate surface area is 122 Å². The van der Waals surface area contributed by atoms with Crippen molar-refractivity contribution in [3.8, 4) is 0 Å². The fourth-order valence-corrected chi connectivity index (χ4v) is 2.70. The average molecular weight is 340 g/mol. The maximum atomic E-state index is 10.8. The van der Waals surface area contributed by atoms with Crippen molar-refractivity contribution in [3.05, 3.63) is 45.4 Å². The largest absolute Gasteiger partial charge is 0.476 e. The molecule has 7 heteroatoms. The molecule has 0 aliphatic carbocycles. The van der Waals surface area contributed by atoms with E-state index in [4.69, 9.17) is 5.11 Å². The lowest BCUT2D eigenvalue weighted by molar-refractivity contribution is 0.0690. The molecule has 2 rings (SSSR count). The molecule has 0 fully saturated rings. The van der Waals surface area contributed by atoms with E-state index in [1.165, 1.54) is 11.3 Å². The first-order valence-corrected chi connectivity index (χ1v) is 6.94. The lowest BCUT2D eigenvalue weighted by Gasteiger charge is -2.00. The minimum atomic E-state index is -1.07. The van der Waals surface area contributed by atoms with Crippen molar-refractivity contribution in [2.24, 2.45) is 5.10 Å². The topological polar surface area (TPSA) is 74.6 Å². The predicted octanol–water partition coefficient (Wildman–Crippen LogP) is 3.44. The average Bonchev–Trinajstić information content (AvgIpc) is 2.78. The van der Waals surface area contributed by atoms with Crippen molar-refractivity contribution in [1.29, 1.82) is 0 Å². The van der Waals surface area contributed by atoms with Gasteiger partial charge < -0.3 is 5.11 Å². The normalized spacial score (nSPS) is 11.4. The number of anilines is 1. The van der Waals surface area contributed by atoms with Crippen molar-refractivity contribution in [3.63, 3.8) is 0 Å². The Bertz CT molecular complexity index is 625. The first-order valence-electron chi connectivity index (χ1n) is 5.33. The molecule has 19 heavy (non-hydrogen) atoms. The van der Waals surface area contributed by atoms with Crippen LogP contribution >= 0.6 is 27.3 Å². The molecular formula is C12H10BrN3O2S. The SMILES string of the molecule is C/C(=N\Nc1nc(C(=O)O)c(Br)s1)c1ccccc1. The van der Waals surface area contributed by atoms with Gasteiger partial charge in [-0.25, -0.2) is 9.78 Å². The molecular weight excluding hydrogens is 330 g/mol. The molecule has 0 spiro atoms. The number of hydrogen-bond donors (Lipinski definition) is 2. The van der Waals surface area contributed by atoms with E-state index in [0.29, 0.717) is 8.92 Å². The number of nitrogens with zero attached hydrogens (tertiary/aromatic N) is 2. The molecule has 0 atom stereocenters. The number of carboxylic acids is 1. The molecule has 1 heterocycles. The molecule has 5 nitrogen and oxygen atoms in total. The molecule has 0 amide bonds. The minimum absolute atomic E-state index is 0.0138. The van der Waals surface area contributed by atoms with Crippen molar-refractivity contribution < 1.29 is 9.90 Å². The van der Waals surface area contributed by atoms with E-state index in [9.17, 15) is 4.79 Å². The summed E-state index contributed by atoms with van der Waals surface area (Å²) in [5, 5.41) is 13.5. The Morgan fingerprint density at radius 3 is 2.68 bits per heavy atom. The van der Waals surface area contributed by atoms with Crippen molar-refractivity contribution in [1.82, 2.24) is 4.98 Å². The predicted molar refractivity (Wildman–Crippen MR) is 79.0 cm³/mol. The fourth-order valence-electron chi connectivity index (χ4n) is 1.36. The molecule has 2 N–H and O–H groups in total. The van der Waals surface area contributed by atoms with Crippen LogP contribution in [-0.2, 0) is 0 Å². The molecule has 1 aromatic carbocycles. The van der Waals surface area contributed by atoms with Gasteiger partial charge in [0, 0.05) is 0 Å². The van der Waals surface area contributed by atoms with Crippen molar-refractivity contribution >= 4 is 44.1 Å². The highest BCUT2D eigenvalue weighted by atomic mass is 79.9. The van der Waals surface area contributed by atoms with E-state index >= 15 is 0 Å². The molecule has 0 unspecified atom stereocenters.